The summed E-state index contributed by atoms with van der Waals surface area (Å²) in [6.45, 7) is 0. The van der Waals surface area contributed by atoms with Crippen molar-refractivity contribution in [2.75, 3.05) is 0 Å². The summed E-state index contributed by atoms with van der Waals surface area (Å²) in [7, 11) is 1.43. The van der Waals surface area contributed by atoms with E-state index in [-0.39, 0.29) is 77.9 Å². The van der Waals surface area contributed by atoms with Crippen molar-refractivity contribution in [1.29, 1.82) is 0 Å². The van der Waals surface area contributed by atoms with E-state index in [0.29, 0.717) is 0 Å². The quantitative estimate of drug-likeness (QED) is 0.382. The molecule has 0 heterocycles. The van der Waals surface area contributed by atoms with Crippen LogP contribution in [0.5, 0.6) is 0 Å². The number of rotatable bonds is 0. The molecule has 0 saturated carbocycles. The van der Waals surface area contributed by atoms with Gasteiger partial charge in [0, 0.05) is 17.1 Å². The second-order valence-electron chi connectivity index (χ2n) is 0. The Balaban J connectivity index is -0.00000000167. The minimum absolute atomic E-state index is 0. The molecule has 25 valence electrons. The summed E-state index contributed by atoms with van der Waals surface area (Å²) in [4.78, 5) is 0. The van der Waals surface area contributed by atoms with E-state index < -0.39 is 0 Å². The Hall–Kier alpha value is 3.39. The third-order valence-corrected chi connectivity index (χ3v) is 0. The molecule has 0 aliphatic rings. The first-order valence-corrected chi connectivity index (χ1v) is 11.0. The van der Waals surface area contributed by atoms with Crippen LogP contribution in [0, 0.1) is 0 Å². The van der Waals surface area contributed by atoms with Gasteiger partial charge in [-0.05, 0) is 0 Å². The molecule has 5 heavy (non-hydrogen) atoms. The molecule has 5 heteroatoms. The van der Waals surface area contributed by atoms with Gasteiger partial charge in [-0.15, -0.1) is 0 Å². The van der Waals surface area contributed by atoms with E-state index in [2.05, 4.69) is 0 Å². The Morgan fingerprint density at radius 1 is 1.20 bits per heavy atom. The fourth-order valence-corrected chi connectivity index (χ4v) is 0. The Kier molecular flexibility index (Phi) is 125. The van der Waals surface area contributed by atoms with Gasteiger partial charge in [-0.1, -0.05) is 0 Å². The normalized spacial score (nSPS) is 2.00. The average molecular weight is 221 g/mol. The van der Waals surface area contributed by atoms with Crippen LogP contribution >= 0.6 is 0 Å². The molecule has 0 aliphatic carbocycles. The van der Waals surface area contributed by atoms with Crippen molar-refractivity contribution in [3.05, 3.63) is 0 Å². The van der Waals surface area contributed by atoms with Crippen LogP contribution in [0.15, 0.2) is 0 Å². The standard InChI is InChI=1S/Ca.Fe.Mg.H3Si.Zn.4H/h;;;1H3;;;;;. The second kappa shape index (κ2) is 26.3. The van der Waals surface area contributed by atoms with Crippen molar-refractivity contribution in [3.63, 3.8) is 0 Å². The van der Waals surface area contributed by atoms with E-state index in [4.69, 9.17) is 0 Å². The third-order valence-electron chi connectivity index (χ3n) is 0. The zero-order chi connectivity index (χ0) is 2.00. The van der Waals surface area contributed by atoms with Crippen molar-refractivity contribution in [2.24, 2.45) is 0 Å². The SMILES string of the molecule is [CaH2].[Fe].[MgH2].[SiH3][Zn]. The van der Waals surface area contributed by atoms with Crippen molar-refractivity contribution >= 4 is 69.3 Å². The molecule has 0 bridgehead atoms. The van der Waals surface area contributed by atoms with Gasteiger partial charge in [0.2, 0.25) is 0 Å². The summed E-state index contributed by atoms with van der Waals surface area (Å²) in [6, 6.07) is 0. The van der Waals surface area contributed by atoms with Gasteiger partial charge in [0.05, 0.1) is 0 Å². The summed E-state index contributed by atoms with van der Waals surface area (Å²) in [5.41, 5.74) is 0. The van der Waals surface area contributed by atoms with Gasteiger partial charge in [0.25, 0.3) is 0 Å². The summed E-state index contributed by atoms with van der Waals surface area (Å²) in [6.07, 6.45) is 0. The van der Waals surface area contributed by atoms with Gasteiger partial charge in [-0.25, -0.2) is 0 Å². The van der Waals surface area contributed by atoms with Crippen LogP contribution in [0.3, 0.4) is 0 Å². The molecule has 0 aromatic carbocycles. The van der Waals surface area contributed by atoms with Gasteiger partial charge < -0.3 is 0 Å². The van der Waals surface area contributed by atoms with Gasteiger partial charge >= 0.3 is 86.9 Å². The summed E-state index contributed by atoms with van der Waals surface area (Å²) < 4.78 is 0. The van der Waals surface area contributed by atoms with Crippen LogP contribution < -0.4 is 0 Å². The van der Waals surface area contributed by atoms with E-state index in [1.165, 1.54) is 26.1 Å². The number of hydrogen-bond acceptors (Lipinski definition) is 0. The second-order valence-corrected chi connectivity index (χ2v) is 0. The average Bonchev–Trinajstić information content (AvgIpc) is 1.00. The first kappa shape index (κ1) is 23.8. The van der Waals surface area contributed by atoms with E-state index >= 15 is 0 Å². The molecule has 0 nitrogen and oxygen atoms in total. The first-order chi connectivity index (χ1) is 1.00. The van der Waals surface area contributed by atoms with Crippen molar-refractivity contribution < 1.29 is 34.7 Å². The zero-order valence-corrected chi connectivity index (χ0v) is 8.13. The van der Waals surface area contributed by atoms with Gasteiger partial charge in [-0.3, -0.25) is 0 Å². The molecule has 0 unspecified atom stereocenters. The monoisotopic (exact) mass is 219 g/mol. The Labute approximate surface area is 102 Å². The topological polar surface area (TPSA) is 0 Å². The zero-order valence-electron chi connectivity index (χ0n) is 2.06. The summed E-state index contributed by atoms with van der Waals surface area (Å²) in [5, 5.41) is 0. The fraction of sp³-hybridized carbons (Fsp3) is 0. The van der Waals surface area contributed by atoms with Crippen molar-refractivity contribution in [3.8, 4) is 0 Å². The maximum atomic E-state index is 1.51. The predicted octanol–water partition coefficient (Wildman–Crippen LogP) is -3.02. The summed E-state index contributed by atoms with van der Waals surface area (Å²) >= 11 is 1.51. The Morgan fingerprint density at radius 2 is 1.20 bits per heavy atom. The molecule has 0 saturated heterocycles. The van der Waals surface area contributed by atoms with Crippen LogP contribution in [-0.2, 0) is 34.7 Å². The predicted molar refractivity (Wildman–Crippen MR) is 27.0 cm³/mol. The molecule has 0 radical (unpaired) electrons. The van der Waals surface area contributed by atoms with Gasteiger partial charge in [0.1, 0.15) is 0 Å². The first-order valence-electron chi connectivity index (χ1n) is 0.707. The molecule has 0 spiro atoms. The van der Waals surface area contributed by atoms with E-state index in [1.54, 1.807) is 0 Å². The molecule has 0 fully saturated rings. The third kappa shape index (κ3) is 18.7. The maximum absolute atomic E-state index is 1.51. The van der Waals surface area contributed by atoms with E-state index in [0.717, 1.165) is 0 Å². The van der Waals surface area contributed by atoms with E-state index in [1.807, 2.05) is 0 Å². The van der Waals surface area contributed by atoms with Crippen LogP contribution in [-0.4, -0.2) is 69.3 Å². The van der Waals surface area contributed by atoms with Crippen LogP contribution in [0.1, 0.15) is 0 Å². The van der Waals surface area contributed by atoms with Gasteiger partial charge in [-0.2, -0.15) is 0 Å². The Morgan fingerprint density at radius 3 is 1.20 bits per heavy atom. The van der Waals surface area contributed by atoms with Crippen LogP contribution in [0.2, 0.25) is 0 Å². The molecule has 0 atom stereocenters. The van der Waals surface area contributed by atoms with Crippen molar-refractivity contribution in [1.82, 2.24) is 0 Å². The molecule has 0 amide bonds. The van der Waals surface area contributed by atoms with Crippen LogP contribution in [0.4, 0.5) is 0 Å². The molecule has 0 rings (SSSR count). The molecule has 0 aromatic heterocycles. The minimum atomic E-state index is 0. The molecule has 0 N–H and O–H groups in total. The summed E-state index contributed by atoms with van der Waals surface area (Å²) in [5.74, 6) is 0. The van der Waals surface area contributed by atoms with Crippen molar-refractivity contribution in [2.45, 2.75) is 0 Å². The van der Waals surface area contributed by atoms with Crippen LogP contribution in [0.25, 0.3) is 0 Å². The van der Waals surface area contributed by atoms with Gasteiger partial charge in [0.15, 0.2) is 0 Å². The van der Waals surface area contributed by atoms with E-state index in [9.17, 15) is 0 Å². The Bertz CT molecular complexity index is 11.6. The molecular formula is H7CaFeMgSiZn. The molecular weight excluding hydrogens is 214 g/mol. The molecule has 0 aromatic rings. The fourth-order valence-electron chi connectivity index (χ4n) is 0. The number of hydrogen-bond donors (Lipinski definition) is 0. The molecule has 0 aliphatic heterocycles.